The first-order valence-corrected chi connectivity index (χ1v) is 10.2. The number of hydrogen-bond acceptors (Lipinski definition) is 0. The van der Waals surface area contributed by atoms with Gasteiger partial charge in [0.15, 0.2) is 0 Å². The third-order valence-corrected chi connectivity index (χ3v) is 5.77. The molecule has 0 radical (unpaired) electrons. The van der Waals surface area contributed by atoms with Crippen LogP contribution < -0.4 is 0 Å². The van der Waals surface area contributed by atoms with Crippen LogP contribution in [0.15, 0.2) is 97.1 Å². The molecule has 0 unspecified atom stereocenters. The summed E-state index contributed by atoms with van der Waals surface area (Å²) in [6, 6.07) is 35.1. The maximum Gasteiger partial charge on any atom is 0.0547 e. The lowest BCUT2D eigenvalue weighted by Gasteiger charge is -2.19. The lowest BCUT2D eigenvalue weighted by atomic mass is 9.87. The van der Waals surface area contributed by atoms with E-state index in [9.17, 15) is 0 Å². The van der Waals surface area contributed by atoms with E-state index in [0.29, 0.717) is 0 Å². The topological polar surface area (TPSA) is 4.93 Å². The van der Waals surface area contributed by atoms with Crippen molar-refractivity contribution in [2.45, 2.75) is 26.2 Å². The largest absolute Gasteiger partial charge is 0.309 e. The fraction of sp³-hybridized carbons (Fsp3) is 0.143. The molecule has 0 spiro atoms. The van der Waals surface area contributed by atoms with Crippen LogP contribution in [-0.2, 0) is 5.41 Å². The minimum atomic E-state index is 0.153. The monoisotopic (exact) mass is 375 g/mol. The fourth-order valence-electron chi connectivity index (χ4n) is 4.17. The third-order valence-electron chi connectivity index (χ3n) is 5.77. The number of nitrogens with zero attached hydrogens (tertiary/aromatic N) is 1. The molecule has 5 aromatic rings. The molecule has 1 aromatic heterocycles. The van der Waals surface area contributed by atoms with Gasteiger partial charge in [-0.05, 0) is 46.4 Å². The SMILES string of the molecule is CC(C)(C)c1ccc(-n2c3ccccc3c3ccc(-c4ccccc4)cc32)cc1. The quantitative estimate of drug-likeness (QED) is 0.297. The Morgan fingerprint density at radius 3 is 1.93 bits per heavy atom. The van der Waals surface area contributed by atoms with E-state index in [0.717, 1.165) is 0 Å². The minimum Gasteiger partial charge on any atom is -0.309 e. The Kier molecular flexibility index (Phi) is 4.06. The molecule has 0 aliphatic carbocycles. The van der Waals surface area contributed by atoms with Crippen molar-refractivity contribution in [3.8, 4) is 16.8 Å². The van der Waals surface area contributed by atoms with Crippen LogP contribution in [0.2, 0.25) is 0 Å². The summed E-state index contributed by atoms with van der Waals surface area (Å²) in [4.78, 5) is 0. The highest BCUT2D eigenvalue weighted by Gasteiger charge is 2.16. The molecule has 0 aliphatic heterocycles. The molecule has 0 fully saturated rings. The number of fused-ring (bicyclic) bond motifs is 3. The second kappa shape index (κ2) is 6.63. The first-order chi connectivity index (χ1) is 14.0. The molecule has 5 rings (SSSR count). The van der Waals surface area contributed by atoms with Crippen molar-refractivity contribution < 1.29 is 0 Å². The van der Waals surface area contributed by atoms with E-state index in [1.165, 1.54) is 44.2 Å². The van der Waals surface area contributed by atoms with Gasteiger partial charge in [-0.3, -0.25) is 0 Å². The number of rotatable bonds is 2. The van der Waals surface area contributed by atoms with E-state index >= 15 is 0 Å². The number of para-hydroxylation sites is 1. The van der Waals surface area contributed by atoms with Gasteiger partial charge in [0.25, 0.3) is 0 Å². The van der Waals surface area contributed by atoms with Gasteiger partial charge in [0.05, 0.1) is 11.0 Å². The van der Waals surface area contributed by atoms with Gasteiger partial charge >= 0.3 is 0 Å². The van der Waals surface area contributed by atoms with Gasteiger partial charge in [-0.1, -0.05) is 93.6 Å². The van der Waals surface area contributed by atoms with Gasteiger partial charge in [-0.2, -0.15) is 0 Å². The van der Waals surface area contributed by atoms with E-state index in [4.69, 9.17) is 0 Å². The van der Waals surface area contributed by atoms with Crippen molar-refractivity contribution in [3.05, 3.63) is 103 Å². The maximum absolute atomic E-state index is 2.39. The van der Waals surface area contributed by atoms with Gasteiger partial charge in [0.1, 0.15) is 0 Å². The minimum absolute atomic E-state index is 0.153. The van der Waals surface area contributed by atoms with Crippen molar-refractivity contribution in [1.82, 2.24) is 4.57 Å². The number of hydrogen-bond donors (Lipinski definition) is 0. The number of aromatic nitrogens is 1. The molecule has 4 aromatic carbocycles. The molecule has 0 aliphatic rings. The van der Waals surface area contributed by atoms with E-state index in [2.05, 4.69) is 122 Å². The molecule has 0 N–H and O–H groups in total. The summed E-state index contributed by atoms with van der Waals surface area (Å²) >= 11 is 0. The lowest BCUT2D eigenvalue weighted by molar-refractivity contribution is 0.590. The summed E-state index contributed by atoms with van der Waals surface area (Å²) in [6.45, 7) is 6.78. The molecular formula is C28H25N. The van der Waals surface area contributed by atoms with E-state index in [1.807, 2.05) is 0 Å². The van der Waals surface area contributed by atoms with Crippen molar-refractivity contribution in [3.63, 3.8) is 0 Å². The summed E-state index contributed by atoms with van der Waals surface area (Å²) in [5, 5.41) is 2.59. The standard InChI is InChI=1S/C28H25N/c1-28(2,3)22-14-16-23(17-15-22)29-26-12-8-7-11-24(26)25-18-13-21(19-27(25)29)20-9-5-4-6-10-20/h4-19H,1-3H3. The molecule has 0 saturated heterocycles. The molecule has 1 nitrogen and oxygen atoms in total. The average molecular weight is 376 g/mol. The first kappa shape index (κ1) is 17.8. The van der Waals surface area contributed by atoms with E-state index in [1.54, 1.807) is 0 Å². The van der Waals surface area contributed by atoms with Gasteiger partial charge in [0.2, 0.25) is 0 Å². The van der Waals surface area contributed by atoms with Crippen molar-refractivity contribution in [2.24, 2.45) is 0 Å². The summed E-state index contributed by atoms with van der Waals surface area (Å²) in [5.41, 5.74) is 7.69. The molecule has 1 heterocycles. The van der Waals surface area contributed by atoms with E-state index in [-0.39, 0.29) is 5.41 Å². The Hall–Kier alpha value is -3.32. The fourth-order valence-corrected chi connectivity index (χ4v) is 4.17. The summed E-state index contributed by atoms with van der Waals surface area (Å²) in [6.07, 6.45) is 0. The van der Waals surface area contributed by atoms with Gasteiger partial charge in [0, 0.05) is 16.5 Å². The highest BCUT2D eigenvalue weighted by atomic mass is 15.0. The molecule has 0 amide bonds. The number of benzene rings is 4. The molecular weight excluding hydrogens is 350 g/mol. The van der Waals surface area contributed by atoms with Crippen LogP contribution in [0.25, 0.3) is 38.6 Å². The molecule has 0 bridgehead atoms. The Morgan fingerprint density at radius 1 is 0.552 bits per heavy atom. The molecule has 1 heteroatoms. The zero-order valence-electron chi connectivity index (χ0n) is 17.2. The molecule has 0 saturated carbocycles. The van der Waals surface area contributed by atoms with Crippen LogP contribution in [0.3, 0.4) is 0 Å². The average Bonchev–Trinajstić information content (AvgIpc) is 3.07. The Bertz CT molecular complexity index is 1300. The smallest absolute Gasteiger partial charge is 0.0547 e. The van der Waals surface area contributed by atoms with Crippen LogP contribution in [0.4, 0.5) is 0 Å². The third kappa shape index (κ3) is 3.03. The van der Waals surface area contributed by atoms with Crippen LogP contribution in [0.5, 0.6) is 0 Å². The molecule has 142 valence electrons. The Labute approximate surface area is 172 Å². The molecule has 0 atom stereocenters. The van der Waals surface area contributed by atoms with Crippen LogP contribution in [0, 0.1) is 0 Å². The zero-order chi connectivity index (χ0) is 20.0. The zero-order valence-corrected chi connectivity index (χ0v) is 17.2. The highest BCUT2D eigenvalue weighted by molar-refractivity contribution is 6.10. The first-order valence-electron chi connectivity index (χ1n) is 10.2. The molecule has 29 heavy (non-hydrogen) atoms. The Balaban J connectivity index is 1.78. The van der Waals surface area contributed by atoms with Crippen LogP contribution in [-0.4, -0.2) is 4.57 Å². The van der Waals surface area contributed by atoms with Gasteiger partial charge in [-0.25, -0.2) is 0 Å². The van der Waals surface area contributed by atoms with Gasteiger partial charge in [-0.15, -0.1) is 0 Å². The summed E-state index contributed by atoms with van der Waals surface area (Å²) < 4.78 is 2.39. The summed E-state index contributed by atoms with van der Waals surface area (Å²) in [5.74, 6) is 0. The normalized spacial score (nSPS) is 12.0. The van der Waals surface area contributed by atoms with Crippen molar-refractivity contribution in [1.29, 1.82) is 0 Å². The van der Waals surface area contributed by atoms with Gasteiger partial charge < -0.3 is 4.57 Å². The predicted molar refractivity (Wildman–Crippen MR) is 125 cm³/mol. The highest BCUT2D eigenvalue weighted by Crippen LogP contribution is 2.35. The second-order valence-electron chi connectivity index (χ2n) is 8.75. The predicted octanol–water partition coefficient (Wildman–Crippen LogP) is 7.75. The maximum atomic E-state index is 2.39. The van der Waals surface area contributed by atoms with Crippen LogP contribution >= 0.6 is 0 Å². The Morgan fingerprint density at radius 2 is 1.21 bits per heavy atom. The van der Waals surface area contributed by atoms with Crippen molar-refractivity contribution >= 4 is 21.8 Å². The van der Waals surface area contributed by atoms with E-state index < -0.39 is 0 Å². The summed E-state index contributed by atoms with van der Waals surface area (Å²) in [7, 11) is 0. The lowest BCUT2D eigenvalue weighted by Crippen LogP contribution is -2.10. The van der Waals surface area contributed by atoms with Crippen LogP contribution in [0.1, 0.15) is 26.3 Å². The second-order valence-corrected chi connectivity index (χ2v) is 8.75. The van der Waals surface area contributed by atoms with Crippen molar-refractivity contribution in [2.75, 3.05) is 0 Å².